The van der Waals surface area contributed by atoms with Gasteiger partial charge in [-0.25, -0.2) is 0 Å². The molecule has 2 rings (SSSR count). The molecule has 1 saturated heterocycles. The highest BCUT2D eigenvalue weighted by molar-refractivity contribution is 5.22. The lowest BCUT2D eigenvalue weighted by molar-refractivity contribution is 0.00641. The lowest BCUT2D eigenvalue weighted by Crippen LogP contribution is -2.26. The molecule has 1 atom stereocenters. The fourth-order valence-electron chi connectivity index (χ4n) is 2.77. The molecule has 3 heteroatoms. The van der Waals surface area contributed by atoms with Gasteiger partial charge in [0.05, 0.1) is 6.10 Å². The first-order valence-electron chi connectivity index (χ1n) is 7.86. The Morgan fingerprint density at radius 1 is 1.20 bits per heavy atom. The van der Waals surface area contributed by atoms with Gasteiger partial charge in [0.25, 0.3) is 0 Å². The summed E-state index contributed by atoms with van der Waals surface area (Å²) in [6, 6.07) is 8.83. The molecule has 1 aliphatic heterocycles. The van der Waals surface area contributed by atoms with Gasteiger partial charge in [-0.05, 0) is 56.8 Å². The molecule has 0 aromatic heterocycles. The number of hydrogen-bond donors (Lipinski definition) is 1. The van der Waals surface area contributed by atoms with Crippen molar-refractivity contribution in [2.75, 3.05) is 26.7 Å². The first-order chi connectivity index (χ1) is 9.78. The predicted octanol–water partition coefficient (Wildman–Crippen LogP) is 2.58. The van der Waals surface area contributed by atoms with Crippen LogP contribution in [0.1, 0.15) is 36.8 Å². The van der Waals surface area contributed by atoms with Gasteiger partial charge in [0.15, 0.2) is 0 Å². The molecule has 0 bridgehead atoms. The molecule has 0 spiro atoms. The van der Waals surface area contributed by atoms with E-state index in [1.54, 1.807) is 0 Å². The molecule has 1 aromatic carbocycles. The smallest absolute Gasteiger partial charge is 0.0587 e. The van der Waals surface area contributed by atoms with Gasteiger partial charge < -0.3 is 15.4 Å². The highest BCUT2D eigenvalue weighted by Crippen LogP contribution is 2.16. The van der Waals surface area contributed by atoms with Crippen molar-refractivity contribution in [3.63, 3.8) is 0 Å². The van der Waals surface area contributed by atoms with Crippen molar-refractivity contribution in [3.8, 4) is 0 Å². The third-order valence-corrected chi connectivity index (χ3v) is 4.02. The van der Waals surface area contributed by atoms with Gasteiger partial charge in [0.1, 0.15) is 0 Å². The van der Waals surface area contributed by atoms with E-state index in [9.17, 15) is 0 Å². The number of nitrogens with two attached hydrogens (primary N) is 1. The van der Waals surface area contributed by atoms with Gasteiger partial charge in [-0.2, -0.15) is 0 Å². The van der Waals surface area contributed by atoms with E-state index >= 15 is 0 Å². The van der Waals surface area contributed by atoms with Gasteiger partial charge >= 0.3 is 0 Å². The van der Waals surface area contributed by atoms with Crippen molar-refractivity contribution in [1.82, 2.24) is 4.90 Å². The molecule has 0 saturated carbocycles. The molecule has 0 radical (unpaired) electrons. The van der Waals surface area contributed by atoms with Crippen LogP contribution in [-0.4, -0.2) is 37.7 Å². The van der Waals surface area contributed by atoms with Crippen LogP contribution in [0.2, 0.25) is 0 Å². The second-order valence-corrected chi connectivity index (χ2v) is 5.87. The fraction of sp³-hybridized carbons (Fsp3) is 0.647. The Labute approximate surface area is 123 Å². The quantitative estimate of drug-likeness (QED) is 0.832. The maximum absolute atomic E-state index is 5.78. The molecular formula is C17H28N2O. The second kappa shape index (κ2) is 8.40. The monoisotopic (exact) mass is 276 g/mol. The SMILES string of the molecule is CN(CCC1CCCCO1)Cc1ccc(CCN)cc1. The van der Waals surface area contributed by atoms with Crippen molar-refractivity contribution < 1.29 is 4.74 Å². The van der Waals surface area contributed by atoms with Crippen molar-refractivity contribution >= 4 is 0 Å². The van der Waals surface area contributed by atoms with Crippen LogP contribution in [0.15, 0.2) is 24.3 Å². The van der Waals surface area contributed by atoms with Crippen LogP contribution in [0.25, 0.3) is 0 Å². The molecular weight excluding hydrogens is 248 g/mol. The van der Waals surface area contributed by atoms with Crippen LogP contribution in [0.5, 0.6) is 0 Å². The molecule has 0 amide bonds. The van der Waals surface area contributed by atoms with E-state index in [0.717, 1.165) is 39.1 Å². The number of nitrogens with zero attached hydrogens (tertiary/aromatic N) is 1. The fourth-order valence-corrected chi connectivity index (χ4v) is 2.77. The Balaban J connectivity index is 1.71. The highest BCUT2D eigenvalue weighted by atomic mass is 16.5. The third-order valence-electron chi connectivity index (χ3n) is 4.02. The summed E-state index contributed by atoms with van der Waals surface area (Å²) >= 11 is 0. The van der Waals surface area contributed by atoms with E-state index < -0.39 is 0 Å². The average Bonchev–Trinajstić information content (AvgIpc) is 2.49. The maximum atomic E-state index is 5.78. The van der Waals surface area contributed by atoms with Crippen LogP contribution in [0, 0.1) is 0 Å². The Morgan fingerprint density at radius 3 is 2.60 bits per heavy atom. The lowest BCUT2D eigenvalue weighted by Gasteiger charge is -2.25. The zero-order valence-electron chi connectivity index (χ0n) is 12.7. The Hall–Kier alpha value is -0.900. The Morgan fingerprint density at radius 2 is 1.95 bits per heavy atom. The van der Waals surface area contributed by atoms with E-state index in [2.05, 4.69) is 36.2 Å². The molecule has 3 nitrogen and oxygen atoms in total. The maximum Gasteiger partial charge on any atom is 0.0587 e. The van der Waals surface area contributed by atoms with Crippen LogP contribution in [0.3, 0.4) is 0 Å². The first-order valence-corrected chi connectivity index (χ1v) is 7.86. The molecule has 0 aliphatic carbocycles. The second-order valence-electron chi connectivity index (χ2n) is 5.87. The van der Waals surface area contributed by atoms with Crippen molar-refractivity contribution in [1.29, 1.82) is 0 Å². The topological polar surface area (TPSA) is 38.5 Å². The molecule has 1 aliphatic rings. The summed E-state index contributed by atoms with van der Waals surface area (Å²) in [5, 5.41) is 0. The molecule has 112 valence electrons. The Kier molecular flexibility index (Phi) is 6.51. The predicted molar refractivity (Wildman–Crippen MR) is 83.7 cm³/mol. The van der Waals surface area contributed by atoms with Gasteiger partial charge in [-0.15, -0.1) is 0 Å². The van der Waals surface area contributed by atoms with Crippen LogP contribution in [-0.2, 0) is 17.7 Å². The minimum absolute atomic E-state index is 0.484. The summed E-state index contributed by atoms with van der Waals surface area (Å²) in [5.74, 6) is 0. The van der Waals surface area contributed by atoms with Crippen molar-refractivity contribution in [2.24, 2.45) is 5.73 Å². The summed E-state index contributed by atoms with van der Waals surface area (Å²) in [6.45, 7) is 3.79. The summed E-state index contributed by atoms with van der Waals surface area (Å²) in [7, 11) is 2.19. The van der Waals surface area contributed by atoms with E-state index in [1.165, 1.54) is 30.4 Å². The molecule has 20 heavy (non-hydrogen) atoms. The lowest BCUT2D eigenvalue weighted by atomic mass is 10.1. The Bertz CT molecular complexity index is 371. The largest absolute Gasteiger partial charge is 0.378 e. The standard InChI is InChI=1S/C17H28N2O/c1-19(12-10-17-4-2-3-13-20-17)14-16-7-5-15(6-8-16)9-11-18/h5-8,17H,2-4,9-14,18H2,1H3. The minimum Gasteiger partial charge on any atom is -0.378 e. The highest BCUT2D eigenvalue weighted by Gasteiger charge is 2.14. The van der Waals surface area contributed by atoms with E-state index in [0.29, 0.717) is 6.10 Å². The number of hydrogen-bond acceptors (Lipinski definition) is 3. The molecule has 1 aromatic rings. The number of benzene rings is 1. The average molecular weight is 276 g/mol. The van der Waals surface area contributed by atoms with Gasteiger partial charge in [0.2, 0.25) is 0 Å². The van der Waals surface area contributed by atoms with Gasteiger partial charge in [0, 0.05) is 19.7 Å². The summed E-state index contributed by atoms with van der Waals surface area (Å²) < 4.78 is 5.78. The van der Waals surface area contributed by atoms with Gasteiger partial charge in [-0.1, -0.05) is 24.3 Å². The zero-order chi connectivity index (χ0) is 14.2. The van der Waals surface area contributed by atoms with Crippen molar-refractivity contribution in [3.05, 3.63) is 35.4 Å². The van der Waals surface area contributed by atoms with Crippen LogP contribution in [0.4, 0.5) is 0 Å². The minimum atomic E-state index is 0.484. The van der Waals surface area contributed by atoms with Crippen LogP contribution >= 0.6 is 0 Å². The summed E-state index contributed by atoms with van der Waals surface area (Å²) in [6.07, 6.45) is 6.41. The zero-order valence-corrected chi connectivity index (χ0v) is 12.7. The number of ether oxygens (including phenoxy) is 1. The summed E-state index contributed by atoms with van der Waals surface area (Å²) in [4.78, 5) is 2.38. The first kappa shape index (κ1) is 15.5. The third kappa shape index (κ3) is 5.23. The van der Waals surface area contributed by atoms with Crippen molar-refractivity contribution in [2.45, 2.75) is 44.8 Å². The molecule has 2 N–H and O–H groups in total. The molecule has 1 unspecified atom stereocenters. The molecule has 1 fully saturated rings. The number of rotatable bonds is 7. The van der Waals surface area contributed by atoms with E-state index in [1.807, 2.05) is 0 Å². The molecule has 1 heterocycles. The van der Waals surface area contributed by atoms with Gasteiger partial charge in [-0.3, -0.25) is 0 Å². The summed E-state index contributed by atoms with van der Waals surface area (Å²) in [5.41, 5.74) is 8.27. The van der Waals surface area contributed by atoms with Crippen LogP contribution < -0.4 is 5.73 Å². The normalized spacial score (nSPS) is 19.4. The van der Waals surface area contributed by atoms with E-state index in [4.69, 9.17) is 10.5 Å². The van der Waals surface area contributed by atoms with E-state index in [-0.39, 0.29) is 0 Å².